The first-order valence-corrected chi connectivity index (χ1v) is 8.96. The molecule has 3 rings (SSSR count). The topological polar surface area (TPSA) is 73.3 Å². The number of carbonyl (C=O) groups excluding carboxylic acids is 1. The van der Waals surface area contributed by atoms with Crippen molar-refractivity contribution in [1.29, 1.82) is 0 Å². The molecule has 26 heavy (non-hydrogen) atoms. The van der Waals surface area contributed by atoms with Crippen molar-refractivity contribution in [3.63, 3.8) is 0 Å². The van der Waals surface area contributed by atoms with E-state index in [1.807, 2.05) is 6.07 Å². The molecule has 1 amide bonds. The first-order valence-electron chi connectivity index (χ1n) is 7.33. The number of rotatable bonds is 5. The predicted octanol–water partition coefficient (Wildman–Crippen LogP) is 4.78. The molecule has 0 fully saturated rings. The fourth-order valence-electron chi connectivity index (χ4n) is 2.20. The van der Waals surface area contributed by atoms with E-state index >= 15 is 0 Å². The molecule has 2 aromatic heterocycles. The molecule has 0 aliphatic heterocycles. The smallest absolute Gasteiger partial charge is 0.277 e. The summed E-state index contributed by atoms with van der Waals surface area (Å²) >= 11 is 13.1. The molecular weight excluding hydrogens is 397 g/mol. The highest BCUT2D eigenvalue weighted by molar-refractivity contribution is 7.14. The third kappa shape index (κ3) is 3.90. The second kappa shape index (κ2) is 7.90. The van der Waals surface area contributed by atoms with Crippen LogP contribution in [0.15, 0.2) is 35.7 Å². The van der Waals surface area contributed by atoms with E-state index in [0.717, 1.165) is 5.56 Å². The lowest BCUT2D eigenvalue weighted by Gasteiger charge is -2.08. The fourth-order valence-corrected chi connectivity index (χ4v) is 3.25. The van der Waals surface area contributed by atoms with E-state index in [2.05, 4.69) is 15.3 Å². The van der Waals surface area contributed by atoms with Crippen LogP contribution in [0.5, 0.6) is 11.5 Å². The van der Waals surface area contributed by atoms with Crippen molar-refractivity contribution >= 4 is 45.6 Å². The van der Waals surface area contributed by atoms with Crippen LogP contribution in [0.2, 0.25) is 10.2 Å². The zero-order chi connectivity index (χ0) is 18.7. The maximum absolute atomic E-state index is 12.4. The summed E-state index contributed by atoms with van der Waals surface area (Å²) in [5, 5.41) is 5.26. The van der Waals surface area contributed by atoms with E-state index < -0.39 is 5.91 Å². The van der Waals surface area contributed by atoms with Gasteiger partial charge in [0, 0.05) is 10.9 Å². The molecule has 0 unspecified atom stereocenters. The first kappa shape index (κ1) is 18.4. The Morgan fingerprint density at radius 1 is 1.12 bits per heavy atom. The van der Waals surface area contributed by atoms with Gasteiger partial charge in [-0.2, -0.15) is 0 Å². The van der Waals surface area contributed by atoms with Crippen LogP contribution in [0, 0.1) is 0 Å². The zero-order valence-electron chi connectivity index (χ0n) is 13.7. The number of anilines is 1. The van der Waals surface area contributed by atoms with Gasteiger partial charge in [-0.15, -0.1) is 11.3 Å². The molecule has 0 radical (unpaired) electrons. The van der Waals surface area contributed by atoms with E-state index in [4.69, 9.17) is 32.7 Å². The summed E-state index contributed by atoms with van der Waals surface area (Å²) in [6.45, 7) is 0. The van der Waals surface area contributed by atoms with E-state index in [9.17, 15) is 4.79 Å². The number of hydrogen-bond acceptors (Lipinski definition) is 6. The van der Waals surface area contributed by atoms with Gasteiger partial charge in [-0.3, -0.25) is 10.1 Å². The van der Waals surface area contributed by atoms with Gasteiger partial charge in [-0.1, -0.05) is 23.2 Å². The predicted molar refractivity (Wildman–Crippen MR) is 103 cm³/mol. The lowest BCUT2D eigenvalue weighted by Crippen LogP contribution is -2.14. The summed E-state index contributed by atoms with van der Waals surface area (Å²) in [6.07, 6.45) is 0. The molecule has 0 aliphatic carbocycles. The van der Waals surface area contributed by atoms with Gasteiger partial charge in [0.15, 0.2) is 5.13 Å². The number of aromatic nitrogens is 2. The Morgan fingerprint density at radius 3 is 2.65 bits per heavy atom. The average molecular weight is 410 g/mol. The average Bonchev–Trinajstić information content (AvgIpc) is 3.11. The summed E-state index contributed by atoms with van der Waals surface area (Å²) in [5.74, 6) is 0.832. The number of amides is 1. The minimum atomic E-state index is -0.490. The maximum atomic E-state index is 12.4. The van der Waals surface area contributed by atoms with Crippen LogP contribution in [0.1, 0.15) is 10.5 Å². The summed E-state index contributed by atoms with van der Waals surface area (Å²) < 4.78 is 10.6. The van der Waals surface area contributed by atoms with Gasteiger partial charge in [0.2, 0.25) is 0 Å². The van der Waals surface area contributed by atoms with Crippen LogP contribution in [0.25, 0.3) is 11.3 Å². The molecule has 0 aliphatic rings. The molecule has 0 saturated heterocycles. The molecule has 1 aromatic carbocycles. The van der Waals surface area contributed by atoms with Gasteiger partial charge in [-0.05, 0) is 30.3 Å². The van der Waals surface area contributed by atoms with Crippen LogP contribution in [-0.4, -0.2) is 30.1 Å². The van der Waals surface area contributed by atoms with Crippen molar-refractivity contribution < 1.29 is 14.3 Å². The molecule has 6 nitrogen and oxygen atoms in total. The molecule has 1 N–H and O–H groups in total. The molecule has 0 bridgehead atoms. The van der Waals surface area contributed by atoms with Crippen molar-refractivity contribution in [3.05, 3.63) is 51.6 Å². The van der Waals surface area contributed by atoms with Gasteiger partial charge in [0.05, 0.1) is 24.9 Å². The Labute approximate surface area is 163 Å². The number of halogens is 2. The molecule has 2 heterocycles. The van der Waals surface area contributed by atoms with Crippen LogP contribution < -0.4 is 14.8 Å². The Bertz CT molecular complexity index is 962. The highest BCUT2D eigenvalue weighted by atomic mass is 35.5. The number of ether oxygens (including phenoxy) is 2. The van der Waals surface area contributed by atoms with Gasteiger partial charge in [0.1, 0.15) is 22.3 Å². The van der Waals surface area contributed by atoms with Gasteiger partial charge >= 0.3 is 0 Å². The third-order valence-electron chi connectivity index (χ3n) is 3.43. The second-order valence-electron chi connectivity index (χ2n) is 5.02. The quantitative estimate of drug-likeness (QED) is 0.613. The highest BCUT2D eigenvalue weighted by Crippen LogP contribution is 2.35. The number of methoxy groups -OCH3 is 2. The van der Waals surface area contributed by atoms with Crippen molar-refractivity contribution in [2.45, 2.75) is 0 Å². The number of nitrogens with one attached hydrogen (secondary N) is 1. The number of thiazole rings is 1. The number of pyridine rings is 1. The third-order valence-corrected chi connectivity index (χ3v) is 4.71. The maximum Gasteiger partial charge on any atom is 0.277 e. The van der Waals surface area contributed by atoms with Gasteiger partial charge in [0.25, 0.3) is 5.91 Å². The largest absolute Gasteiger partial charge is 0.497 e. The lowest BCUT2D eigenvalue weighted by atomic mass is 10.1. The van der Waals surface area contributed by atoms with Gasteiger partial charge < -0.3 is 9.47 Å². The minimum absolute atomic E-state index is 0.0369. The molecule has 9 heteroatoms. The number of hydrogen-bond donors (Lipinski definition) is 1. The van der Waals surface area contributed by atoms with Crippen LogP contribution in [0.3, 0.4) is 0 Å². The normalized spacial score (nSPS) is 10.5. The van der Waals surface area contributed by atoms with Crippen molar-refractivity contribution in [2.75, 3.05) is 19.5 Å². The molecule has 0 atom stereocenters. The Kier molecular flexibility index (Phi) is 5.61. The summed E-state index contributed by atoms with van der Waals surface area (Å²) in [4.78, 5) is 20.7. The second-order valence-corrected chi connectivity index (χ2v) is 6.68. The summed E-state index contributed by atoms with van der Waals surface area (Å²) in [5.41, 5.74) is 1.43. The molecular formula is C17H13Cl2N3O3S. The summed E-state index contributed by atoms with van der Waals surface area (Å²) in [7, 11) is 3.16. The van der Waals surface area contributed by atoms with E-state index in [-0.39, 0.29) is 15.9 Å². The lowest BCUT2D eigenvalue weighted by molar-refractivity contribution is 0.102. The summed E-state index contributed by atoms with van der Waals surface area (Å²) in [6, 6.07) is 8.43. The van der Waals surface area contributed by atoms with Crippen molar-refractivity contribution in [1.82, 2.24) is 9.97 Å². The molecule has 0 saturated carbocycles. The monoisotopic (exact) mass is 409 g/mol. The molecule has 134 valence electrons. The van der Waals surface area contributed by atoms with E-state index in [1.165, 1.54) is 23.5 Å². The van der Waals surface area contributed by atoms with E-state index in [0.29, 0.717) is 22.3 Å². The SMILES string of the molecule is COc1ccc(OC)c(-c2csc(NC(=O)c3nc(Cl)ccc3Cl)n2)c1. The first-order chi connectivity index (χ1) is 12.5. The van der Waals surface area contributed by atoms with Gasteiger partial charge in [-0.25, -0.2) is 9.97 Å². The number of benzene rings is 1. The van der Waals surface area contributed by atoms with Crippen LogP contribution >= 0.6 is 34.5 Å². The Morgan fingerprint density at radius 2 is 1.92 bits per heavy atom. The number of carbonyl (C=O) groups is 1. The Balaban J connectivity index is 1.87. The van der Waals surface area contributed by atoms with Crippen LogP contribution in [0.4, 0.5) is 5.13 Å². The number of nitrogens with zero attached hydrogens (tertiary/aromatic N) is 2. The zero-order valence-corrected chi connectivity index (χ0v) is 16.1. The van der Waals surface area contributed by atoms with Crippen LogP contribution in [-0.2, 0) is 0 Å². The fraction of sp³-hybridized carbons (Fsp3) is 0.118. The molecule has 3 aromatic rings. The Hall–Kier alpha value is -2.35. The molecule has 0 spiro atoms. The van der Waals surface area contributed by atoms with E-state index in [1.54, 1.807) is 31.7 Å². The van der Waals surface area contributed by atoms with Crippen molar-refractivity contribution in [3.8, 4) is 22.8 Å². The minimum Gasteiger partial charge on any atom is -0.497 e. The standard InChI is InChI=1S/C17H13Cl2N3O3S/c1-24-9-3-5-13(25-2)10(7-9)12-8-26-17(20-12)22-16(23)15-11(18)4-6-14(19)21-15/h3-8H,1-2H3,(H,20,22,23). The van der Waals surface area contributed by atoms with Crippen molar-refractivity contribution in [2.24, 2.45) is 0 Å². The highest BCUT2D eigenvalue weighted by Gasteiger charge is 2.16.